The second-order valence-electron chi connectivity index (χ2n) is 5.62. The van der Waals surface area contributed by atoms with Crippen molar-refractivity contribution in [1.29, 1.82) is 0 Å². The number of carbonyl (C=O) groups is 1. The maximum Gasteiger partial charge on any atom is 0.321 e. The molecule has 0 N–H and O–H groups in total. The number of ether oxygens (including phenoxy) is 1. The van der Waals surface area contributed by atoms with Crippen LogP contribution in [0, 0.1) is 0 Å². The number of hydrogen-bond acceptors (Lipinski definition) is 2. The van der Waals surface area contributed by atoms with Crippen molar-refractivity contribution in [2.45, 2.75) is 37.7 Å². The molecule has 2 aromatic rings. The van der Waals surface area contributed by atoms with E-state index in [-0.39, 0.29) is 23.9 Å². The van der Waals surface area contributed by atoms with E-state index in [4.69, 9.17) is 16.3 Å². The molecule has 0 bridgehead atoms. The lowest BCUT2D eigenvalue weighted by Crippen LogP contribution is -2.29. The standard InChI is InChI=1S/C18H19ClO2/c19-12-18(20)21-17-11-4-3-9-16(17)15-10-5-7-13-6-1-2-8-14(13)15/h1-2,5-8,10,16-17H,3-4,9,11-12H2/t16-,17-/m0/s1. The van der Waals surface area contributed by atoms with Gasteiger partial charge in [-0.3, -0.25) is 4.79 Å². The number of carbonyl (C=O) groups excluding carboxylic acids is 1. The highest BCUT2D eigenvalue weighted by atomic mass is 35.5. The third-order valence-electron chi connectivity index (χ3n) is 4.32. The Morgan fingerprint density at radius 3 is 2.71 bits per heavy atom. The van der Waals surface area contributed by atoms with Gasteiger partial charge in [-0.1, -0.05) is 48.9 Å². The molecular weight excluding hydrogens is 284 g/mol. The van der Waals surface area contributed by atoms with Crippen LogP contribution in [0.1, 0.15) is 37.2 Å². The molecule has 3 rings (SSSR count). The highest BCUT2D eigenvalue weighted by Crippen LogP contribution is 2.38. The number of benzene rings is 2. The van der Waals surface area contributed by atoms with Crippen molar-refractivity contribution < 1.29 is 9.53 Å². The van der Waals surface area contributed by atoms with Crippen molar-refractivity contribution >= 4 is 28.3 Å². The van der Waals surface area contributed by atoms with E-state index in [1.807, 2.05) is 0 Å². The number of rotatable bonds is 3. The van der Waals surface area contributed by atoms with Crippen molar-refractivity contribution in [3.63, 3.8) is 0 Å². The van der Waals surface area contributed by atoms with Gasteiger partial charge in [-0.15, -0.1) is 11.6 Å². The van der Waals surface area contributed by atoms with Crippen LogP contribution in [0.4, 0.5) is 0 Å². The molecule has 2 nitrogen and oxygen atoms in total. The van der Waals surface area contributed by atoms with Gasteiger partial charge in [0, 0.05) is 5.92 Å². The zero-order valence-corrected chi connectivity index (χ0v) is 12.7. The van der Waals surface area contributed by atoms with E-state index in [1.54, 1.807) is 0 Å². The fraction of sp³-hybridized carbons (Fsp3) is 0.389. The van der Waals surface area contributed by atoms with Gasteiger partial charge in [0.15, 0.2) is 0 Å². The van der Waals surface area contributed by atoms with Gasteiger partial charge in [-0.25, -0.2) is 0 Å². The normalized spacial score (nSPS) is 22.1. The van der Waals surface area contributed by atoms with Crippen molar-refractivity contribution in [2.75, 3.05) is 5.88 Å². The molecule has 1 aliphatic carbocycles. The Balaban J connectivity index is 1.96. The van der Waals surface area contributed by atoms with Crippen molar-refractivity contribution in [3.05, 3.63) is 48.0 Å². The number of hydrogen-bond donors (Lipinski definition) is 0. The van der Waals surface area contributed by atoms with Gasteiger partial charge in [0.2, 0.25) is 0 Å². The Hall–Kier alpha value is -1.54. The van der Waals surface area contributed by atoms with E-state index >= 15 is 0 Å². The molecule has 0 aromatic heterocycles. The van der Waals surface area contributed by atoms with E-state index in [2.05, 4.69) is 42.5 Å². The zero-order valence-electron chi connectivity index (χ0n) is 11.9. The number of fused-ring (bicyclic) bond motifs is 1. The lowest BCUT2D eigenvalue weighted by Gasteiger charge is -2.32. The summed E-state index contributed by atoms with van der Waals surface area (Å²) in [6.07, 6.45) is 4.24. The molecule has 2 atom stereocenters. The highest BCUT2D eigenvalue weighted by Gasteiger charge is 2.30. The molecule has 110 valence electrons. The minimum atomic E-state index is -0.311. The van der Waals surface area contributed by atoms with Crippen LogP contribution >= 0.6 is 11.6 Å². The molecule has 1 aliphatic rings. The Kier molecular flexibility index (Phi) is 4.45. The molecule has 1 fully saturated rings. The monoisotopic (exact) mass is 302 g/mol. The SMILES string of the molecule is O=C(CCl)O[C@H]1CCCC[C@H]1c1cccc2ccccc12. The summed E-state index contributed by atoms with van der Waals surface area (Å²) in [4.78, 5) is 11.6. The van der Waals surface area contributed by atoms with Crippen LogP contribution in [0.5, 0.6) is 0 Å². The summed E-state index contributed by atoms with van der Waals surface area (Å²) in [6, 6.07) is 14.8. The van der Waals surface area contributed by atoms with Crippen LogP contribution in [-0.2, 0) is 9.53 Å². The fourth-order valence-electron chi connectivity index (χ4n) is 3.37. The van der Waals surface area contributed by atoms with E-state index in [0.29, 0.717) is 0 Å². The molecule has 0 saturated heterocycles. The third kappa shape index (κ3) is 3.06. The summed E-state index contributed by atoms with van der Waals surface area (Å²) in [5.41, 5.74) is 1.29. The van der Waals surface area contributed by atoms with Crippen LogP contribution in [-0.4, -0.2) is 18.0 Å². The third-order valence-corrected chi connectivity index (χ3v) is 4.54. The minimum Gasteiger partial charge on any atom is -0.461 e. The Labute approximate surface area is 130 Å². The topological polar surface area (TPSA) is 26.3 Å². The van der Waals surface area contributed by atoms with Gasteiger partial charge in [0.1, 0.15) is 12.0 Å². The van der Waals surface area contributed by atoms with Gasteiger partial charge >= 0.3 is 5.97 Å². The Morgan fingerprint density at radius 1 is 1.10 bits per heavy atom. The number of esters is 1. The molecular formula is C18H19ClO2. The summed E-state index contributed by atoms with van der Waals surface area (Å²) in [5, 5.41) is 2.50. The lowest BCUT2D eigenvalue weighted by molar-refractivity contribution is -0.148. The van der Waals surface area contributed by atoms with Crippen molar-refractivity contribution in [2.24, 2.45) is 0 Å². The zero-order chi connectivity index (χ0) is 14.7. The maximum atomic E-state index is 11.6. The minimum absolute atomic E-state index is 0.0455. The van der Waals surface area contributed by atoms with Gasteiger partial charge in [0.05, 0.1) is 0 Å². The Morgan fingerprint density at radius 2 is 1.86 bits per heavy atom. The molecule has 2 aromatic carbocycles. The summed E-state index contributed by atoms with van der Waals surface area (Å²) in [7, 11) is 0. The molecule has 0 amide bonds. The van der Waals surface area contributed by atoms with E-state index < -0.39 is 0 Å². The predicted molar refractivity (Wildman–Crippen MR) is 85.8 cm³/mol. The first-order valence-corrected chi connectivity index (χ1v) is 8.06. The van der Waals surface area contributed by atoms with Gasteiger partial charge in [-0.05, 0) is 35.6 Å². The van der Waals surface area contributed by atoms with Gasteiger partial charge in [0.25, 0.3) is 0 Å². The number of halogens is 1. The molecule has 0 spiro atoms. The largest absolute Gasteiger partial charge is 0.461 e. The summed E-state index contributed by atoms with van der Waals surface area (Å²) < 4.78 is 5.59. The van der Waals surface area contributed by atoms with Crippen LogP contribution in [0.3, 0.4) is 0 Å². The molecule has 3 heteroatoms. The average Bonchev–Trinajstić information content (AvgIpc) is 2.55. The summed E-state index contributed by atoms with van der Waals surface area (Å²) in [5.74, 6) is -0.107. The number of alkyl halides is 1. The first kappa shape index (κ1) is 14.4. The first-order valence-electron chi connectivity index (χ1n) is 7.52. The van der Waals surface area contributed by atoms with E-state index in [9.17, 15) is 4.79 Å². The Bertz CT molecular complexity index is 633. The van der Waals surface area contributed by atoms with Crippen LogP contribution in [0.15, 0.2) is 42.5 Å². The predicted octanol–water partition coefficient (Wildman–Crippen LogP) is 4.65. The maximum absolute atomic E-state index is 11.6. The quantitative estimate of drug-likeness (QED) is 0.609. The molecule has 1 saturated carbocycles. The van der Waals surface area contributed by atoms with Crippen molar-refractivity contribution in [3.8, 4) is 0 Å². The van der Waals surface area contributed by atoms with Gasteiger partial charge < -0.3 is 4.74 Å². The summed E-state index contributed by atoms with van der Waals surface area (Å²) >= 11 is 5.59. The highest BCUT2D eigenvalue weighted by molar-refractivity contribution is 6.26. The molecule has 0 aliphatic heterocycles. The van der Waals surface area contributed by atoms with Crippen LogP contribution in [0.25, 0.3) is 10.8 Å². The molecule has 0 radical (unpaired) electrons. The van der Waals surface area contributed by atoms with E-state index in [0.717, 1.165) is 19.3 Å². The average molecular weight is 303 g/mol. The van der Waals surface area contributed by atoms with Crippen LogP contribution in [0.2, 0.25) is 0 Å². The molecule has 0 heterocycles. The molecule has 0 unspecified atom stereocenters. The molecule has 21 heavy (non-hydrogen) atoms. The lowest BCUT2D eigenvalue weighted by atomic mass is 9.80. The van der Waals surface area contributed by atoms with E-state index in [1.165, 1.54) is 22.8 Å². The van der Waals surface area contributed by atoms with Crippen molar-refractivity contribution in [1.82, 2.24) is 0 Å². The summed E-state index contributed by atoms with van der Waals surface area (Å²) in [6.45, 7) is 0. The smallest absolute Gasteiger partial charge is 0.321 e. The fourth-order valence-corrected chi connectivity index (χ4v) is 3.43. The second kappa shape index (κ2) is 6.48. The second-order valence-corrected chi connectivity index (χ2v) is 5.89. The van der Waals surface area contributed by atoms with Gasteiger partial charge in [-0.2, -0.15) is 0 Å². The first-order chi connectivity index (χ1) is 10.3. The van der Waals surface area contributed by atoms with Crippen LogP contribution < -0.4 is 0 Å².